The fourth-order valence-corrected chi connectivity index (χ4v) is 2.27. The van der Waals surface area contributed by atoms with E-state index in [2.05, 4.69) is 10.6 Å². The van der Waals surface area contributed by atoms with Crippen LogP contribution in [0, 0.1) is 0 Å². The van der Waals surface area contributed by atoms with Crippen molar-refractivity contribution in [2.45, 2.75) is 43.7 Å². The molecular weight excluding hydrogens is 254 g/mol. The highest BCUT2D eigenvalue weighted by Crippen LogP contribution is 2.30. The maximum atomic E-state index is 12.0. The molecule has 2 fully saturated rings. The molecule has 5 heteroatoms. The SMILES string of the molecule is NC1(C(=O)Nc2cccc(C(=O)NC3CC3)c2)CCC1. The monoisotopic (exact) mass is 273 g/mol. The van der Waals surface area contributed by atoms with E-state index >= 15 is 0 Å². The van der Waals surface area contributed by atoms with Gasteiger partial charge in [-0.1, -0.05) is 6.07 Å². The number of anilines is 1. The summed E-state index contributed by atoms with van der Waals surface area (Å²) in [7, 11) is 0. The van der Waals surface area contributed by atoms with Crippen LogP contribution in [0.15, 0.2) is 24.3 Å². The van der Waals surface area contributed by atoms with Gasteiger partial charge in [-0.2, -0.15) is 0 Å². The molecule has 20 heavy (non-hydrogen) atoms. The molecule has 1 aromatic carbocycles. The van der Waals surface area contributed by atoms with Crippen LogP contribution in [-0.2, 0) is 4.79 Å². The minimum atomic E-state index is -0.730. The topological polar surface area (TPSA) is 84.2 Å². The van der Waals surface area contributed by atoms with Crippen LogP contribution in [-0.4, -0.2) is 23.4 Å². The Hall–Kier alpha value is -1.88. The summed E-state index contributed by atoms with van der Waals surface area (Å²) in [6.45, 7) is 0. The van der Waals surface area contributed by atoms with E-state index < -0.39 is 5.54 Å². The van der Waals surface area contributed by atoms with Crippen molar-refractivity contribution < 1.29 is 9.59 Å². The van der Waals surface area contributed by atoms with Crippen molar-refractivity contribution in [1.82, 2.24) is 5.32 Å². The van der Waals surface area contributed by atoms with Crippen molar-refractivity contribution in [3.8, 4) is 0 Å². The Morgan fingerprint density at radius 2 is 2.00 bits per heavy atom. The maximum absolute atomic E-state index is 12.0. The third kappa shape index (κ3) is 2.67. The zero-order valence-corrected chi connectivity index (χ0v) is 11.3. The van der Waals surface area contributed by atoms with Crippen molar-refractivity contribution in [3.05, 3.63) is 29.8 Å². The summed E-state index contributed by atoms with van der Waals surface area (Å²) < 4.78 is 0. The molecule has 106 valence electrons. The first kappa shape index (κ1) is 13.1. The first-order valence-corrected chi connectivity index (χ1v) is 7.08. The Balaban J connectivity index is 1.67. The number of benzene rings is 1. The first-order chi connectivity index (χ1) is 9.57. The lowest BCUT2D eigenvalue weighted by Crippen LogP contribution is -2.56. The number of hydrogen-bond acceptors (Lipinski definition) is 3. The molecule has 0 spiro atoms. The average molecular weight is 273 g/mol. The predicted octanol–water partition coefficient (Wildman–Crippen LogP) is 1.40. The van der Waals surface area contributed by atoms with Gasteiger partial charge in [-0.05, 0) is 50.3 Å². The van der Waals surface area contributed by atoms with E-state index in [9.17, 15) is 9.59 Å². The van der Waals surface area contributed by atoms with Crippen LogP contribution >= 0.6 is 0 Å². The summed E-state index contributed by atoms with van der Waals surface area (Å²) in [6.07, 6.45) is 4.55. The van der Waals surface area contributed by atoms with Gasteiger partial charge in [0.25, 0.3) is 5.91 Å². The Morgan fingerprint density at radius 3 is 2.60 bits per heavy atom. The molecule has 4 N–H and O–H groups in total. The molecule has 0 radical (unpaired) electrons. The van der Waals surface area contributed by atoms with E-state index in [1.165, 1.54) is 0 Å². The van der Waals surface area contributed by atoms with Crippen molar-refractivity contribution in [2.24, 2.45) is 5.73 Å². The summed E-state index contributed by atoms with van der Waals surface area (Å²) in [5, 5.41) is 5.73. The largest absolute Gasteiger partial charge is 0.349 e. The lowest BCUT2D eigenvalue weighted by Gasteiger charge is -2.36. The Labute approximate surface area is 117 Å². The highest BCUT2D eigenvalue weighted by atomic mass is 16.2. The number of carbonyl (C=O) groups is 2. The van der Waals surface area contributed by atoms with Gasteiger partial charge in [0, 0.05) is 17.3 Å². The van der Waals surface area contributed by atoms with Gasteiger partial charge in [-0.25, -0.2) is 0 Å². The molecule has 0 aromatic heterocycles. The fourth-order valence-electron chi connectivity index (χ4n) is 2.27. The third-order valence-corrected chi connectivity index (χ3v) is 3.99. The second kappa shape index (κ2) is 4.90. The molecule has 2 aliphatic carbocycles. The molecule has 2 amide bonds. The second-order valence-corrected chi connectivity index (χ2v) is 5.79. The lowest BCUT2D eigenvalue weighted by atomic mass is 9.77. The zero-order valence-electron chi connectivity index (χ0n) is 11.3. The van der Waals surface area contributed by atoms with E-state index in [1.54, 1.807) is 24.3 Å². The normalized spacial score (nSPS) is 19.9. The van der Waals surface area contributed by atoms with Gasteiger partial charge in [0.05, 0.1) is 5.54 Å². The minimum Gasteiger partial charge on any atom is -0.349 e. The van der Waals surface area contributed by atoms with Crippen molar-refractivity contribution in [1.29, 1.82) is 0 Å². The van der Waals surface area contributed by atoms with Crippen LogP contribution in [0.25, 0.3) is 0 Å². The predicted molar refractivity (Wildman–Crippen MR) is 76.3 cm³/mol. The summed E-state index contributed by atoms with van der Waals surface area (Å²) >= 11 is 0. The smallest absolute Gasteiger partial charge is 0.251 e. The van der Waals surface area contributed by atoms with Crippen LogP contribution in [0.1, 0.15) is 42.5 Å². The van der Waals surface area contributed by atoms with E-state index in [4.69, 9.17) is 5.73 Å². The van der Waals surface area contributed by atoms with Gasteiger partial charge in [0.15, 0.2) is 0 Å². The minimum absolute atomic E-state index is 0.0882. The molecule has 0 heterocycles. The second-order valence-electron chi connectivity index (χ2n) is 5.79. The number of nitrogens with one attached hydrogen (secondary N) is 2. The molecule has 0 bridgehead atoms. The van der Waals surface area contributed by atoms with Gasteiger partial charge in [0.1, 0.15) is 0 Å². The molecule has 0 atom stereocenters. The van der Waals surface area contributed by atoms with Crippen LogP contribution in [0.5, 0.6) is 0 Å². The van der Waals surface area contributed by atoms with Crippen molar-refractivity contribution in [2.75, 3.05) is 5.32 Å². The van der Waals surface area contributed by atoms with Gasteiger partial charge in [-0.15, -0.1) is 0 Å². The van der Waals surface area contributed by atoms with Gasteiger partial charge in [0.2, 0.25) is 5.91 Å². The molecule has 0 saturated heterocycles. The molecule has 2 aliphatic rings. The number of rotatable bonds is 4. The molecule has 1 aromatic rings. The standard InChI is InChI=1S/C15H19N3O2/c16-15(7-2-8-15)14(20)18-12-4-1-3-10(9-12)13(19)17-11-5-6-11/h1,3-4,9,11H,2,5-8,16H2,(H,17,19)(H,18,20). The number of nitrogens with two attached hydrogens (primary N) is 1. The Morgan fingerprint density at radius 1 is 1.25 bits per heavy atom. The average Bonchev–Trinajstić information content (AvgIpc) is 3.20. The molecule has 0 unspecified atom stereocenters. The van der Waals surface area contributed by atoms with E-state index in [0.29, 0.717) is 17.3 Å². The number of hydrogen-bond donors (Lipinski definition) is 3. The molecule has 5 nitrogen and oxygen atoms in total. The maximum Gasteiger partial charge on any atom is 0.251 e. The van der Waals surface area contributed by atoms with Crippen LogP contribution in [0.2, 0.25) is 0 Å². The van der Waals surface area contributed by atoms with Crippen LogP contribution in [0.4, 0.5) is 5.69 Å². The molecule has 0 aliphatic heterocycles. The summed E-state index contributed by atoms with van der Waals surface area (Å²) in [4.78, 5) is 24.0. The quantitative estimate of drug-likeness (QED) is 0.775. The van der Waals surface area contributed by atoms with Crippen LogP contribution < -0.4 is 16.4 Å². The number of carbonyl (C=O) groups excluding carboxylic acids is 2. The van der Waals surface area contributed by atoms with E-state index in [0.717, 1.165) is 32.1 Å². The van der Waals surface area contributed by atoms with Gasteiger partial charge >= 0.3 is 0 Å². The number of amides is 2. The van der Waals surface area contributed by atoms with Crippen LogP contribution in [0.3, 0.4) is 0 Å². The Bertz CT molecular complexity index is 548. The van der Waals surface area contributed by atoms with Gasteiger partial charge < -0.3 is 16.4 Å². The lowest BCUT2D eigenvalue weighted by molar-refractivity contribution is -0.123. The Kier molecular flexibility index (Phi) is 3.22. The van der Waals surface area contributed by atoms with E-state index in [-0.39, 0.29) is 11.8 Å². The summed E-state index contributed by atoms with van der Waals surface area (Å²) in [5.41, 5.74) is 6.43. The highest BCUT2D eigenvalue weighted by Gasteiger charge is 2.40. The fraction of sp³-hybridized carbons (Fsp3) is 0.467. The van der Waals surface area contributed by atoms with Crippen molar-refractivity contribution >= 4 is 17.5 Å². The molecular formula is C15H19N3O2. The van der Waals surface area contributed by atoms with Gasteiger partial charge in [-0.3, -0.25) is 9.59 Å². The summed E-state index contributed by atoms with van der Waals surface area (Å²) in [6, 6.07) is 7.30. The summed E-state index contributed by atoms with van der Waals surface area (Å²) in [5.74, 6) is -0.252. The zero-order chi connectivity index (χ0) is 14.2. The molecule has 3 rings (SSSR count). The third-order valence-electron chi connectivity index (χ3n) is 3.99. The van der Waals surface area contributed by atoms with E-state index in [1.807, 2.05) is 0 Å². The highest BCUT2D eigenvalue weighted by molar-refractivity contribution is 6.00. The first-order valence-electron chi connectivity index (χ1n) is 7.08. The van der Waals surface area contributed by atoms with Crippen molar-refractivity contribution in [3.63, 3.8) is 0 Å². The molecule has 2 saturated carbocycles.